The minimum absolute atomic E-state index is 0.132. The van der Waals surface area contributed by atoms with Crippen LogP contribution in [-0.2, 0) is 9.53 Å². The smallest absolute Gasteiger partial charge is 0.410 e. The van der Waals surface area contributed by atoms with Gasteiger partial charge in [-0.2, -0.15) is 0 Å². The van der Waals surface area contributed by atoms with E-state index in [-0.39, 0.29) is 5.78 Å². The zero-order valence-electron chi connectivity index (χ0n) is 12.2. The number of ketones is 1. The molecule has 1 fully saturated rings. The summed E-state index contributed by atoms with van der Waals surface area (Å²) in [4.78, 5) is 25.2. The monoisotopic (exact) mass is 255 g/mol. The quantitative estimate of drug-likeness (QED) is 0.775. The fourth-order valence-corrected chi connectivity index (χ4v) is 1.86. The third-order valence-corrected chi connectivity index (χ3v) is 3.44. The summed E-state index contributed by atoms with van der Waals surface area (Å²) in [5, 5.41) is 0. The standard InChI is InChI=1S/C14H25NO3/c1-10(12(16)9-11-7-6-8-11)15(5)13(17)18-14(2,3)4/h10-11H,6-9H2,1-5H3/t10-/m0/s1. The van der Waals surface area contributed by atoms with Crippen LogP contribution in [0.25, 0.3) is 0 Å². The van der Waals surface area contributed by atoms with Crippen LogP contribution in [0.4, 0.5) is 4.79 Å². The van der Waals surface area contributed by atoms with Crippen LogP contribution in [0, 0.1) is 5.92 Å². The molecule has 0 bridgehead atoms. The predicted molar refractivity (Wildman–Crippen MR) is 70.4 cm³/mol. The molecule has 18 heavy (non-hydrogen) atoms. The van der Waals surface area contributed by atoms with Gasteiger partial charge < -0.3 is 9.64 Å². The minimum atomic E-state index is -0.526. The second kappa shape index (κ2) is 5.72. The maximum atomic E-state index is 12.0. The highest BCUT2D eigenvalue weighted by atomic mass is 16.6. The summed E-state index contributed by atoms with van der Waals surface area (Å²) >= 11 is 0. The highest BCUT2D eigenvalue weighted by Gasteiger charge is 2.29. The first-order valence-corrected chi connectivity index (χ1v) is 6.69. The van der Waals surface area contributed by atoms with Crippen LogP contribution in [0.5, 0.6) is 0 Å². The van der Waals surface area contributed by atoms with E-state index in [9.17, 15) is 9.59 Å². The van der Waals surface area contributed by atoms with Gasteiger partial charge in [-0.25, -0.2) is 4.79 Å². The first kappa shape index (κ1) is 15.0. The SMILES string of the molecule is C[C@@H](C(=O)CC1CCC1)N(C)C(=O)OC(C)(C)C. The van der Waals surface area contributed by atoms with Crippen molar-refractivity contribution >= 4 is 11.9 Å². The third-order valence-electron chi connectivity index (χ3n) is 3.44. The maximum absolute atomic E-state index is 12.0. The summed E-state index contributed by atoms with van der Waals surface area (Å²) in [7, 11) is 1.62. The first-order valence-electron chi connectivity index (χ1n) is 6.69. The number of hydrogen-bond donors (Lipinski definition) is 0. The lowest BCUT2D eigenvalue weighted by molar-refractivity contribution is -0.124. The third kappa shape index (κ3) is 4.31. The zero-order valence-corrected chi connectivity index (χ0v) is 12.2. The normalized spacial score (nSPS) is 17.8. The second-order valence-corrected chi connectivity index (χ2v) is 6.23. The lowest BCUT2D eigenvalue weighted by Gasteiger charge is -2.30. The van der Waals surface area contributed by atoms with E-state index in [0.29, 0.717) is 12.3 Å². The highest BCUT2D eigenvalue weighted by Crippen LogP contribution is 2.30. The molecule has 0 aromatic carbocycles. The van der Waals surface area contributed by atoms with E-state index in [1.54, 1.807) is 14.0 Å². The van der Waals surface area contributed by atoms with Crippen LogP contribution in [0.2, 0.25) is 0 Å². The Balaban J connectivity index is 2.45. The molecule has 0 aromatic rings. The van der Waals surface area contributed by atoms with E-state index in [4.69, 9.17) is 4.74 Å². The van der Waals surface area contributed by atoms with E-state index in [1.807, 2.05) is 20.8 Å². The van der Waals surface area contributed by atoms with Crippen molar-refractivity contribution in [1.82, 2.24) is 4.90 Å². The van der Waals surface area contributed by atoms with Gasteiger partial charge in [0.25, 0.3) is 0 Å². The molecule has 1 aliphatic carbocycles. The lowest BCUT2D eigenvalue weighted by atomic mass is 9.81. The van der Waals surface area contributed by atoms with Crippen molar-refractivity contribution in [2.45, 2.75) is 65.0 Å². The molecule has 1 aliphatic rings. The molecule has 0 radical (unpaired) electrons. The van der Waals surface area contributed by atoms with Crippen molar-refractivity contribution in [3.63, 3.8) is 0 Å². The average molecular weight is 255 g/mol. The van der Waals surface area contributed by atoms with E-state index in [0.717, 1.165) is 12.8 Å². The second-order valence-electron chi connectivity index (χ2n) is 6.23. The summed E-state index contributed by atoms with van der Waals surface area (Å²) in [5.74, 6) is 0.667. The number of ether oxygens (including phenoxy) is 1. The number of Topliss-reactive ketones (excluding diaryl/α,β-unsaturated/α-hetero) is 1. The summed E-state index contributed by atoms with van der Waals surface area (Å²) in [5.41, 5.74) is -0.526. The van der Waals surface area contributed by atoms with Crippen molar-refractivity contribution in [2.24, 2.45) is 5.92 Å². The maximum Gasteiger partial charge on any atom is 0.410 e. The minimum Gasteiger partial charge on any atom is -0.444 e. The topological polar surface area (TPSA) is 46.6 Å². The number of carbonyl (C=O) groups excluding carboxylic acids is 2. The Labute approximate surface area is 110 Å². The van der Waals surface area contributed by atoms with E-state index < -0.39 is 17.7 Å². The molecule has 1 atom stereocenters. The van der Waals surface area contributed by atoms with Crippen molar-refractivity contribution < 1.29 is 14.3 Å². The van der Waals surface area contributed by atoms with Gasteiger partial charge in [-0.3, -0.25) is 4.79 Å². The number of rotatable bonds is 4. The highest BCUT2D eigenvalue weighted by molar-refractivity contribution is 5.87. The van der Waals surface area contributed by atoms with E-state index >= 15 is 0 Å². The summed E-state index contributed by atoms with van der Waals surface area (Å²) in [6.45, 7) is 7.23. The van der Waals surface area contributed by atoms with Crippen LogP contribution in [0.1, 0.15) is 53.4 Å². The van der Waals surface area contributed by atoms with E-state index in [2.05, 4.69) is 0 Å². The van der Waals surface area contributed by atoms with Gasteiger partial charge >= 0.3 is 6.09 Å². The van der Waals surface area contributed by atoms with Crippen LogP contribution in [0.15, 0.2) is 0 Å². The van der Waals surface area contributed by atoms with Gasteiger partial charge in [-0.15, -0.1) is 0 Å². The molecule has 0 aliphatic heterocycles. The number of hydrogen-bond acceptors (Lipinski definition) is 3. The predicted octanol–water partition coefficient (Wildman–Crippen LogP) is 3.00. The molecule has 0 aromatic heterocycles. The Bertz CT molecular complexity index is 315. The molecule has 4 heteroatoms. The van der Waals surface area contributed by atoms with Gasteiger partial charge in [0.2, 0.25) is 0 Å². The van der Waals surface area contributed by atoms with Crippen LogP contribution >= 0.6 is 0 Å². The molecule has 1 rings (SSSR count). The largest absolute Gasteiger partial charge is 0.444 e. The molecule has 0 saturated heterocycles. The van der Waals surface area contributed by atoms with Crippen LogP contribution < -0.4 is 0 Å². The number of amides is 1. The Hall–Kier alpha value is -1.06. The van der Waals surface area contributed by atoms with Crippen molar-refractivity contribution in [3.05, 3.63) is 0 Å². The zero-order chi connectivity index (χ0) is 13.9. The molecule has 4 nitrogen and oxygen atoms in total. The van der Waals surface area contributed by atoms with Crippen molar-refractivity contribution in [1.29, 1.82) is 0 Å². The molecule has 0 heterocycles. The van der Waals surface area contributed by atoms with Crippen LogP contribution in [-0.4, -0.2) is 35.5 Å². The fourth-order valence-electron chi connectivity index (χ4n) is 1.86. The fraction of sp³-hybridized carbons (Fsp3) is 0.857. The molecule has 0 N–H and O–H groups in total. The van der Waals surface area contributed by atoms with E-state index in [1.165, 1.54) is 11.3 Å². The Morgan fingerprint density at radius 1 is 1.33 bits per heavy atom. The molecular weight excluding hydrogens is 230 g/mol. The van der Waals surface area contributed by atoms with Gasteiger partial charge in [0, 0.05) is 13.5 Å². The Morgan fingerprint density at radius 2 is 1.89 bits per heavy atom. The number of likely N-dealkylation sites (N-methyl/N-ethyl adjacent to an activating group) is 1. The molecule has 1 amide bonds. The van der Waals surface area contributed by atoms with Gasteiger partial charge in [0.05, 0.1) is 6.04 Å². The number of nitrogens with zero attached hydrogens (tertiary/aromatic N) is 1. The summed E-state index contributed by atoms with van der Waals surface area (Å²) < 4.78 is 5.25. The van der Waals surface area contributed by atoms with Gasteiger partial charge in [-0.05, 0) is 33.6 Å². The molecule has 1 saturated carbocycles. The lowest BCUT2D eigenvalue weighted by Crippen LogP contribution is -2.43. The van der Waals surface area contributed by atoms with Crippen molar-refractivity contribution in [2.75, 3.05) is 7.05 Å². The Morgan fingerprint density at radius 3 is 2.28 bits per heavy atom. The Kier molecular flexibility index (Phi) is 4.77. The first-order chi connectivity index (χ1) is 8.20. The molecule has 0 unspecified atom stereocenters. The van der Waals surface area contributed by atoms with Gasteiger partial charge in [0.1, 0.15) is 5.60 Å². The molecule has 104 valence electrons. The molecular formula is C14H25NO3. The molecule has 0 spiro atoms. The van der Waals surface area contributed by atoms with Crippen LogP contribution in [0.3, 0.4) is 0 Å². The summed E-state index contributed by atoms with van der Waals surface area (Å²) in [6, 6.07) is -0.402. The number of carbonyl (C=O) groups is 2. The summed E-state index contributed by atoms with van der Waals surface area (Å²) in [6.07, 6.45) is 3.68. The van der Waals surface area contributed by atoms with Gasteiger partial charge in [0.15, 0.2) is 5.78 Å². The van der Waals surface area contributed by atoms with Gasteiger partial charge in [-0.1, -0.05) is 19.3 Å². The average Bonchev–Trinajstić information content (AvgIpc) is 2.18. The van der Waals surface area contributed by atoms with Crippen molar-refractivity contribution in [3.8, 4) is 0 Å².